The minimum atomic E-state index is -1.70. The zero-order valence-corrected chi connectivity index (χ0v) is 17.7. The smallest absolute Gasteiger partial charge is 0.243 e. The van der Waals surface area contributed by atoms with E-state index in [1.54, 1.807) is 6.07 Å². The van der Waals surface area contributed by atoms with E-state index in [2.05, 4.69) is 15.6 Å². The Morgan fingerprint density at radius 2 is 1.62 bits per heavy atom. The molecule has 0 aliphatic heterocycles. The summed E-state index contributed by atoms with van der Waals surface area (Å²) in [4.78, 5) is 27.6. The van der Waals surface area contributed by atoms with E-state index in [0.717, 1.165) is 28.4 Å². The average molecular weight is 469 g/mol. The van der Waals surface area contributed by atoms with Gasteiger partial charge >= 0.3 is 0 Å². The highest BCUT2D eigenvalue weighted by molar-refractivity contribution is 5.95. The van der Waals surface area contributed by atoms with Crippen LogP contribution in [0.4, 0.5) is 23.2 Å². The fourth-order valence-electron chi connectivity index (χ4n) is 3.65. The molecule has 4 rings (SSSR count). The van der Waals surface area contributed by atoms with Gasteiger partial charge in [-0.15, -0.1) is 0 Å². The number of aryl methyl sites for hydroxylation is 1. The first kappa shape index (κ1) is 23.0. The van der Waals surface area contributed by atoms with Crippen molar-refractivity contribution in [3.63, 3.8) is 0 Å². The minimum Gasteiger partial charge on any atom is -0.354 e. The number of nitrogens with one attached hydrogen (secondary N) is 3. The lowest BCUT2D eigenvalue weighted by molar-refractivity contribution is -0.124. The number of carbonyl (C=O) groups is 2. The summed E-state index contributed by atoms with van der Waals surface area (Å²) in [6.07, 6.45) is 0.259. The molecule has 34 heavy (non-hydrogen) atoms. The van der Waals surface area contributed by atoms with Gasteiger partial charge in [-0.3, -0.25) is 9.59 Å². The number of benzene rings is 3. The number of H-pyrrole nitrogens is 1. The third-order valence-electron chi connectivity index (χ3n) is 5.29. The van der Waals surface area contributed by atoms with Crippen LogP contribution in [0.1, 0.15) is 12.0 Å². The molecule has 5 nitrogen and oxygen atoms in total. The van der Waals surface area contributed by atoms with Crippen LogP contribution in [0.3, 0.4) is 0 Å². The molecule has 0 saturated heterocycles. The molecule has 1 heterocycles. The van der Waals surface area contributed by atoms with Gasteiger partial charge in [-0.05, 0) is 47.9 Å². The van der Waals surface area contributed by atoms with E-state index in [-0.39, 0.29) is 12.8 Å². The summed E-state index contributed by atoms with van der Waals surface area (Å²) >= 11 is 0. The van der Waals surface area contributed by atoms with Crippen LogP contribution in [0.5, 0.6) is 0 Å². The lowest BCUT2D eigenvalue weighted by Gasteiger charge is -2.09. The largest absolute Gasteiger partial charge is 0.354 e. The summed E-state index contributed by atoms with van der Waals surface area (Å²) < 4.78 is 53.9. The number of aromatic amines is 1. The average Bonchev–Trinajstić information content (AvgIpc) is 3.20. The highest BCUT2D eigenvalue weighted by Crippen LogP contribution is 2.31. The summed E-state index contributed by atoms with van der Waals surface area (Å²) in [6.45, 7) is -0.495. The first-order valence-corrected chi connectivity index (χ1v) is 10.4. The van der Waals surface area contributed by atoms with E-state index in [1.807, 2.05) is 30.3 Å². The van der Waals surface area contributed by atoms with Gasteiger partial charge in [0.05, 0.1) is 12.2 Å². The second-order valence-corrected chi connectivity index (χ2v) is 7.58. The molecular formula is C25H19F4N3O2. The standard InChI is InChI=1S/C25H19F4N3O2/c26-15-6-9-19-17(12-15)16(25(32-19)14-4-2-1-3-5-14)7-11-21(33)30-13-22(34)31-20-10-8-18(27)23(28)24(20)29/h1-6,8-10,12,32H,7,11,13H2,(H,30,33)(H,31,34). The Bertz CT molecular complexity index is 1370. The van der Waals surface area contributed by atoms with Crippen molar-refractivity contribution >= 4 is 28.4 Å². The number of anilines is 1. The molecule has 0 fully saturated rings. The number of carbonyl (C=O) groups excluding carboxylic acids is 2. The summed E-state index contributed by atoms with van der Waals surface area (Å²) in [5, 5.41) is 5.14. The van der Waals surface area contributed by atoms with Crippen molar-refractivity contribution in [3.05, 3.63) is 89.5 Å². The van der Waals surface area contributed by atoms with Crippen LogP contribution in [-0.2, 0) is 16.0 Å². The van der Waals surface area contributed by atoms with Crippen LogP contribution in [0, 0.1) is 23.3 Å². The summed E-state index contributed by atoms with van der Waals surface area (Å²) in [6, 6.07) is 15.3. The zero-order valence-electron chi connectivity index (χ0n) is 17.7. The SMILES string of the molecule is O=C(CCc1c(-c2ccccc2)[nH]c2ccc(F)cc12)NCC(=O)Nc1ccc(F)c(F)c1F. The summed E-state index contributed by atoms with van der Waals surface area (Å²) in [7, 11) is 0. The quantitative estimate of drug-likeness (QED) is 0.261. The Morgan fingerprint density at radius 1 is 0.853 bits per heavy atom. The second kappa shape index (κ2) is 9.78. The molecule has 9 heteroatoms. The predicted octanol–water partition coefficient (Wildman–Crippen LogP) is 5.08. The highest BCUT2D eigenvalue weighted by atomic mass is 19.2. The lowest BCUT2D eigenvalue weighted by atomic mass is 10.0. The monoisotopic (exact) mass is 469 g/mol. The molecule has 0 spiro atoms. The number of hydrogen-bond donors (Lipinski definition) is 3. The van der Waals surface area contributed by atoms with Crippen LogP contribution < -0.4 is 10.6 Å². The molecule has 0 radical (unpaired) electrons. The van der Waals surface area contributed by atoms with E-state index in [4.69, 9.17) is 0 Å². The van der Waals surface area contributed by atoms with Crippen molar-refractivity contribution in [2.24, 2.45) is 0 Å². The number of rotatable bonds is 7. The maximum Gasteiger partial charge on any atom is 0.243 e. The van der Waals surface area contributed by atoms with Crippen LogP contribution >= 0.6 is 0 Å². The van der Waals surface area contributed by atoms with Crippen molar-refractivity contribution in [2.75, 3.05) is 11.9 Å². The molecule has 3 N–H and O–H groups in total. The van der Waals surface area contributed by atoms with Gasteiger partial charge in [-0.1, -0.05) is 30.3 Å². The van der Waals surface area contributed by atoms with E-state index in [0.29, 0.717) is 11.5 Å². The molecule has 4 aromatic rings. The van der Waals surface area contributed by atoms with E-state index in [1.165, 1.54) is 12.1 Å². The zero-order chi connectivity index (χ0) is 24.2. The Morgan fingerprint density at radius 3 is 2.38 bits per heavy atom. The third-order valence-corrected chi connectivity index (χ3v) is 5.29. The molecule has 0 saturated carbocycles. The molecule has 2 amide bonds. The molecule has 0 aliphatic rings. The van der Waals surface area contributed by atoms with Crippen molar-refractivity contribution < 1.29 is 27.2 Å². The van der Waals surface area contributed by atoms with Gasteiger partial charge in [0.25, 0.3) is 0 Å². The molecule has 174 valence electrons. The van der Waals surface area contributed by atoms with Crippen molar-refractivity contribution in [2.45, 2.75) is 12.8 Å². The van der Waals surface area contributed by atoms with Gasteiger partial charge in [0.2, 0.25) is 11.8 Å². The fourth-order valence-corrected chi connectivity index (χ4v) is 3.65. The van der Waals surface area contributed by atoms with Crippen molar-refractivity contribution in [1.82, 2.24) is 10.3 Å². The number of fused-ring (bicyclic) bond motifs is 1. The minimum absolute atomic E-state index is 0.00385. The first-order valence-electron chi connectivity index (χ1n) is 10.4. The van der Waals surface area contributed by atoms with Crippen molar-refractivity contribution in [3.8, 4) is 11.3 Å². The first-order chi connectivity index (χ1) is 16.3. The predicted molar refractivity (Wildman–Crippen MR) is 120 cm³/mol. The van der Waals surface area contributed by atoms with Crippen LogP contribution in [0.15, 0.2) is 60.7 Å². The van der Waals surface area contributed by atoms with E-state index in [9.17, 15) is 27.2 Å². The Balaban J connectivity index is 1.42. The summed E-state index contributed by atoms with van der Waals surface area (Å²) in [5.74, 6) is -6.29. The molecule has 1 aromatic heterocycles. The number of aromatic nitrogens is 1. The van der Waals surface area contributed by atoms with Gasteiger partial charge in [0.1, 0.15) is 5.82 Å². The Kier molecular flexibility index (Phi) is 6.62. The Labute approximate surface area is 191 Å². The number of hydrogen-bond acceptors (Lipinski definition) is 2. The van der Waals surface area contributed by atoms with E-state index < -0.39 is 47.3 Å². The van der Waals surface area contributed by atoms with Gasteiger partial charge < -0.3 is 15.6 Å². The highest BCUT2D eigenvalue weighted by Gasteiger charge is 2.17. The van der Waals surface area contributed by atoms with E-state index >= 15 is 0 Å². The number of amides is 2. The molecule has 3 aromatic carbocycles. The van der Waals surface area contributed by atoms with Gasteiger partial charge in [-0.25, -0.2) is 17.6 Å². The van der Waals surface area contributed by atoms with Gasteiger partial charge in [0.15, 0.2) is 17.5 Å². The van der Waals surface area contributed by atoms with Gasteiger partial charge in [0, 0.05) is 23.0 Å². The van der Waals surface area contributed by atoms with Gasteiger partial charge in [-0.2, -0.15) is 0 Å². The maximum atomic E-state index is 13.9. The van der Waals surface area contributed by atoms with Crippen LogP contribution in [0.2, 0.25) is 0 Å². The van der Waals surface area contributed by atoms with Crippen LogP contribution in [-0.4, -0.2) is 23.3 Å². The molecule has 0 atom stereocenters. The molecule has 0 bridgehead atoms. The Hall–Kier alpha value is -4.14. The van der Waals surface area contributed by atoms with Crippen LogP contribution in [0.25, 0.3) is 22.2 Å². The maximum absolute atomic E-state index is 13.9. The third kappa shape index (κ3) is 4.93. The van der Waals surface area contributed by atoms with Crippen molar-refractivity contribution in [1.29, 1.82) is 0 Å². The summed E-state index contributed by atoms with van der Waals surface area (Å²) in [5.41, 5.74) is 2.59. The lowest BCUT2D eigenvalue weighted by Crippen LogP contribution is -2.33. The molecule has 0 unspecified atom stereocenters. The number of halogens is 4. The topological polar surface area (TPSA) is 74.0 Å². The molecule has 0 aliphatic carbocycles. The normalized spacial score (nSPS) is 10.9. The molecular weight excluding hydrogens is 450 g/mol. The second-order valence-electron chi connectivity index (χ2n) is 7.58. The fraction of sp³-hybridized carbons (Fsp3) is 0.120.